The van der Waals surface area contributed by atoms with Crippen LogP contribution in [0.25, 0.3) is 21.5 Å². The summed E-state index contributed by atoms with van der Waals surface area (Å²) in [5.74, 6) is 0. The van der Waals surface area contributed by atoms with Crippen LogP contribution in [0.15, 0.2) is 84.9 Å². The Kier molecular flexibility index (Phi) is 13.7. The minimum absolute atomic E-state index is 0. The predicted octanol–water partition coefficient (Wildman–Crippen LogP) is 3.75. The molecule has 0 aliphatic carbocycles. The molecule has 0 radical (unpaired) electrons. The second-order valence-electron chi connectivity index (χ2n) is 5.31. The fourth-order valence-corrected chi connectivity index (χ4v) is 2.14. The van der Waals surface area contributed by atoms with E-state index in [4.69, 9.17) is 0 Å². The molecule has 0 amide bonds. The van der Waals surface area contributed by atoms with Crippen LogP contribution in [0.2, 0.25) is 13.1 Å². The predicted molar refractivity (Wildman–Crippen MR) is 108 cm³/mol. The third-order valence-corrected chi connectivity index (χ3v) is 3.10. The summed E-state index contributed by atoms with van der Waals surface area (Å²) >= 11 is 1.74. The third-order valence-electron chi connectivity index (χ3n) is 3.10. The standard InChI is InChI=1S/2C9H7.C2H6Si.C2H5.ClH.Zr/c2*1-2-5-9-7-3-6-8(9)4-1;1-3-2;1-2;;/h2*1-7H;1-2H3;1H2,2H3;1H;/q2*-1;;-1;;/p-1. The van der Waals surface area contributed by atoms with Gasteiger partial charge in [0.15, 0.2) is 0 Å². The van der Waals surface area contributed by atoms with Crippen LogP contribution in [0.3, 0.4) is 0 Å². The van der Waals surface area contributed by atoms with Gasteiger partial charge in [-0.1, -0.05) is 12.1 Å². The van der Waals surface area contributed by atoms with Crippen LogP contribution in [0.1, 0.15) is 6.92 Å². The van der Waals surface area contributed by atoms with Gasteiger partial charge in [0.25, 0.3) is 0 Å². The largest absolute Gasteiger partial charge is 1.00 e. The molecule has 0 fully saturated rings. The van der Waals surface area contributed by atoms with E-state index in [-0.39, 0.29) is 17.8 Å². The van der Waals surface area contributed by atoms with Crippen molar-refractivity contribution in [3.05, 3.63) is 91.9 Å². The maximum absolute atomic E-state index is 3.25. The molecule has 0 atom stereocenters. The van der Waals surface area contributed by atoms with Gasteiger partial charge in [-0.05, 0) is 0 Å². The monoisotopic (exact) mass is 442 g/mol. The molecule has 4 rings (SSSR count). The van der Waals surface area contributed by atoms with Gasteiger partial charge in [-0.3, -0.25) is 0 Å². The number of hydrogen-bond donors (Lipinski definition) is 0. The number of halogens is 1. The molecule has 4 aromatic rings. The van der Waals surface area contributed by atoms with E-state index >= 15 is 0 Å². The van der Waals surface area contributed by atoms with E-state index in [1.807, 2.05) is 0 Å². The average molecular weight is 444 g/mol. The number of benzene rings is 2. The fraction of sp³-hybridized carbons (Fsp3) is 0.136. The third kappa shape index (κ3) is 9.35. The van der Waals surface area contributed by atoms with E-state index < -0.39 is 0 Å². The molecular weight excluding hydrogens is 419 g/mol. The molecule has 3 heteroatoms. The van der Waals surface area contributed by atoms with Gasteiger partial charge < -0.3 is 19.3 Å². The van der Waals surface area contributed by atoms with Crippen molar-refractivity contribution in [2.75, 3.05) is 0 Å². The Balaban J connectivity index is 0.000000345. The molecule has 0 saturated carbocycles. The van der Waals surface area contributed by atoms with Crippen molar-refractivity contribution in [2.24, 2.45) is 0 Å². The Morgan fingerprint density at radius 2 is 1.04 bits per heavy atom. The zero-order chi connectivity index (χ0) is 17.8. The fourth-order valence-electron chi connectivity index (χ4n) is 2.14. The van der Waals surface area contributed by atoms with E-state index in [1.165, 1.54) is 21.5 Å². The Labute approximate surface area is 173 Å². The molecule has 0 aromatic heterocycles. The summed E-state index contributed by atoms with van der Waals surface area (Å²) in [5.41, 5.74) is 0.210. The first-order chi connectivity index (χ1) is 11.7. The van der Waals surface area contributed by atoms with Gasteiger partial charge in [-0.25, -0.2) is 0 Å². The second kappa shape index (κ2) is 14.2. The zero-order valence-corrected chi connectivity index (χ0v) is 19.4. The van der Waals surface area contributed by atoms with Gasteiger partial charge in [-0.2, -0.15) is 42.0 Å². The smallest absolute Gasteiger partial charge is 0.0809 e. The number of rotatable bonds is 0. The van der Waals surface area contributed by atoms with Gasteiger partial charge in [0.05, 0.1) is 0 Å². The van der Waals surface area contributed by atoms with Gasteiger partial charge >= 0.3 is 41.9 Å². The van der Waals surface area contributed by atoms with Crippen molar-refractivity contribution < 1.29 is 35.7 Å². The molecule has 0 nitrogen and oxygen atoms in total. The first-order valence-electron chi connectivity index (χ1n) is 8.10. The van der Waals surface area contributed by atoms with Crippen molar-refractivity contribution in [3.8, 4) is 0 Å². The van der Waals surface area contributed by atoms with Crippen molar-refractivity contribution in [1.29, 1.82) is 0 Å². The number of hydrogen-bond acceptors (Lipinski definition) is 0. The summed E-state index contributed by atoms with van der Waals surface area (Å²) in [7, 11) is 0. The normalized spacial score (nSPS) is 8.60. The SMILES string of the molecule is C[Si](C)=[Zr].[CH2-]C.[Cl-].c1ccc2[cH-]ccc2c1.c1ccc2[cH-]ccc2c1. The van der Waals surface area contributed by atoms with Crippen molar-refractivity contribution in [3.63, 3.8) is 0 Å². The van der Waals surface area contributed by atoms with E-state index in [9.17, 15) is 0 Å². The Morgan fingerprint density at radius 3 is 1.36 bits per heavy atom. The van der Waals surface area contributed by atoms with Gasteiger partial charge in [-0.15, -0.1) is 59.3 Å². The van der Waals surface area contributed by atoms with Crippen LogP contribution in [0.4, 0.5) is 0 Å². The van der Waals surface area contributed by atoms with Crippen LogP contribution in [0, 0.1) is 6.92 Å². The first-order valence-corrected chi connectivity index (χ1v) is 14.3. The van der Waals surface area contributed by atoms with Crippen molar-refractivity contribution >= 4 is 27.0 Å². The minimum atomic E-state index is 0. The molecule has 4 aromatic carbocycles. The molecule has 0 heterocycles. The van der Waals surface area contributed by atoms with E-state index in [0.717, 1.165) is 0 Å². The average Bonchev–Trinajstić information content (AvgIpc) is 3.26. The van der Waals surface area contributed by atoms with Gasteiger partial charge in [0.1, 0.15) is 0 Å². The summed E-state index contributed by atoms with van der Waals surface area (Å²) in [6.45, 7) is 9.62. The summed E-state index contributed by atoms with van der Waals surface area (Å²) in [6.07, 6.45) is 0. The van der Waals surface area contributed by atoms with Crippen LogP contribution >= 0.6 is 0 Å². The first kappa shape index (κ1) is 24.1. The van der Waals surface area contributed by atoms with Crippen LogP contribution in [-0.2, 0) is 23.3 Å². The van der Waals surface area contributed by atoms with Gasteiger partial charge in [0.2, 0.25) is 0 Å². The molecule has 132 valence electrons. The summed E-state index contributed by atoms with van der Waals surface area (Å²) in [6, 6.07) is 29.3. The van der Waals surface area contributed by atoms with Crippen LogP contribution in [-0.4, -0.2) is 5.43 Å². The molecule has 0 aliphatic rings. The molecule has 0 bridgehead atoms. The molecule has 0 saturated heterocycles. The zero-order valence-electron chi connectivity index (χ0n) is 15.2. The maximum Gasteiger partial charge on any atom is -0.0809 e. The van der Waals surface area contributed by atoms with Crippen LogP contribution < -0.4 is 12.4 Å². The Hall–Kier alpha value is -0.950. The van der Waals surface area contributed by atoms with E-state index in [2.05, 4.69) is 105 Å². The van der Waals surface area contributed by atoms with Crippen molar-refractivity contribution in [2.45, 2.75) is 20.0 Å². The molecule has 0 N–H and O–H groups in total. The van der Waals surface area contributed by atoms with Crippen molar-refractivity contribution in [1.82, 2.24) is 0 Å². The quantitative estimate of drug-likeness (QED) is 0.287. The van der Waals surface area contributed by atoms with E-state index in [1.54, 1.807) is 30.3 Å². The second-order valence-corrected chi connectivity index (χ2v) is 14.7. The molecular formula is C22H25ClSiZr-4. The summed E-state index contributed by atoms with van der Waals surface area (Å²) in [4.78, 5) is 0. The molecule has 25 heavy (non-hydrogen) atoms. The minimum Gasteiger partial charge on any atom is -1.00 e. The molecule has 0 unspecified atom stereocenters. The molecule has 0 spiro atoms. The summed E-state index contributed by atoms with van der Waals surface area (Å²) < 4.78 is 0. The molecule has 0 aliphatic heterocycles. The maximum atomic E-state index is 3.25. The number of fused-ring (bicyclic) bond motifs is 2. The Morgan fingerprint density at radius 1 is 0.720 bits per heavy atom. The topological polar surface area (TPSA) is 0 Å². The summed E-state index contributed by atoms with van der Waals surface area (Å²) in [5, 5.41) is 5.32. The van der Waals surface area contributed by atoms with E-state index in [0.29, 0.717) is 0 Å². The van der Waals surface area contributed by atoms with Gasteiger partial charge in [0, 0.05) is 0 Å². The Bertz CT molecular complexity index is 715. The van der Waals surface area contributed by atoms with Crippen LogP contribution in [0.5, 0.6) is 0 Å².